The van der Waals surface area contributed by atoms with E-state index in [2.05, 4.69) is 48.2 Å². The van der Waals surface area contributed by atoms with Crippen LogP contribution in [0.4, 0.5) is 0 Å². The van der Waals surface area contributed by atoms with Gasteiger partial charge in [0.05, 0.1) is 37.5 Å². The molecule has 0 bridgehead atoms. The highest BCUT2D eigenvalue weighted by atomic mass is 35.5. The molecule has 0 unspecified atom stereocenters. The van der Waals surface area contributed by atoms with E-state index in [9.17, 15) is 4.79 Å². The van der Waals surface area contributed by atoms with Crippen LogP contribution in [0.15, 0.2) is 72.8 Å². The van der Waals surface area contributed by atoms with E-state index in [-0.39, 0.29) is 0 Å². The van der Waals surface area contributed by atoms with Gasteiger partial charge in [-0.1, -0.05) is 65.9 Å². The van der Waals surface area contributed by atoms with Gasteiger partial charge in [0, 0.05) is 24.3 Å². The molecule has 5 heteroatoms. The zero-order valence-electron chi connectivity index (χ0n) is 20.3. The minimum atomic E-state index is 0.388. The molecule has 0 aliphatic rings. The quantitative estimate of drug-likeness (QED) is 0.148. The second-order valence-electron chi connectivity index (χ2n) is 8.27. The molecule has 0 aromatic heterocycles. The molecule has 0 N–H and O–H groups in total. The summed E-state index contributed by atoms with van der Waals surface area (Å²) in [6.45, 7) is 1.92. The van der Waals surface area contributed by atoms with Gasteiger partial charge in [-0.15, -0.1) is 0 Å². The highest BCUT2D eigenvalue weighted by Gasteiger charge is 2.08. The largest absolute Gasteiger partial charge is 0.497 e. The Balaban J connectivity index is 1.48. The molecule has 0 radical (unpaired) electrons. The monoisotopic (exact) mass is 498 g/mol. The molecule has 0 heterocycles. The average Bonchev–Trinajstić information content (AvgIpc) is 2.91. The lowest BCUT2D eigenvalue weighted by molar-refractivity contribution is 0.0722. The Morgan fingerprint density at radius 2 is 1.56 bits per heavy atom. The zero-order valence-corrected chi connectivity index (χ0v) is 21.1. The first kappa shape index (κ1) is 25.5. The van der Waals surface area contributed by atoms with Crippen LogP contribution in [0.5, 0.6) is 5.75 Å². The number of methoxy groups -OCH3 is 2. The molecular formula is C31H27ClO4. The predicted octanol–water partition coefficient (Wildman–Crippen LogP) is 6.59. The molecule has 0 fully saturated rings. The van der Waals surface area contributed by atoms with Crippen molar-refractivity contribution in [1.29, 1.82) is 0 Å². The zero-order chi connectivity index (χ0) is 25.3. The van der Waals surface area contributed by atoms with Crippen molar-refractivity contribution in [2.75, 3.05) is 34.0 Å². The van der Waals surface area contributed by atoms with Gasteiger partial charge < -0.3 is 14.2 Å². The Morgan fingerprint density at radius 3 is 2.31 bits per heavy atom. The molecule has 0 aliphatic heterocycles. The van der Waals surface area contributed by atoms with Crippen LogP contribution in [0, 0.1) is 11.8 Å². The lowest BCUT2D eigenvalue weighted by Crippen LogP contribution is -2.04. The minimum absolute atomic E-state index is 0.388. The number of hydrogen-bond acceptors (Lipinski definition) is 4. The van der Waals surface area contributed by atoms with Gasteiger partial charge in [-0.25, -0.2) is 0 Å². The fraction of sp³-hybridized carbons (Fsp3) is 0.194. The Kier molecular flexibility index (Phi) is 8.76. The lowest BCUT2D eigenvalue weighted by Gasteiger charge is -2.08. The second kappa shape index (κ2) is 12.4. The highest BCUT2D eigenvalue weighted by Crippen LogP contribution is 2.27. The summed E-state index contributed by atoms with van der Waals surface area (Å²) in [6, 6.07) is 24.3. The molecule has 0 atom stereocenters. The van der Waals surface area contributed by atoms with Crippen LogP contribution >= 0.6 is 11.6 Å². The molecule has 4 aromatic carbocycles. The molecule has 0 aliphatic carbocycles. The predicted molar refractivity (Wildman–Crippen MR) is 145 cm³/mol. The first-order chi connectivity index (χ1) is 17.6. The van der Waals surface area contributed by atoms with E-state index in [0.717, 1.165) is 29.4 Å². The van der Waals surface area contributed by atoms with Gasteiger partial charge in [0.25, 0.3) is 0 Å². The SMILES string of the molecule is COCCOCCc1ccc2cc(-c3ccc(C#Cc4c(Cl)cc(OC)cc4C=O)cc3)ccc2c1. The van der Waals surface area contributed by atoms with Gasteiger partial charge in [0.2, 0.25) is 0 Å². The van der Waals surface area contributed by atoms with Gasteiger partial charge in [0.15, 0.2) is 6.29 Å². The molecule has 0 saturated carbocycles. The van der Waals surface area contributed by atoms with Crippen LogP contribution in [0.3, 0.4) is 0 Å². The fourth-order valence-electron chi connectivity index (χ4n) is 3.89. The number of fused-ring (bicyclic) bond motifs is 1. The number of ether oxygens (including phenoxy) is 3. The third kappa shape index (κ3) is 6.33. The van der Waals surface area contributed by atoms with Gasteiger partial charge in [-0.2, -0.15) is 0 Å². The molecule has 4 aromatic rings. The number of rotatable bonds is 9. The molecule has 4 rings (SSSR count). The van der Waals surface area contributed by atoms with Crippen molar-refractivity contribution in [2.24, 2.45) is 0 Å². The number of carbonyl (C=O) groups is 1. The van der Waals surface area contributed by atoms with E-state index in [0.29, 0.717) is 41.7 Å². The Labute approximate surface area is 216 Å². The van der Waals surface area contributed by atoms with Crippen molar-refractivity contribution < 1.29 is 19.0 Å². The summed E-state index contributed by atoms with van der Waals surface area (Å²) in [5.41, 5.74) is 5.23. The smallest absolute Gasteiger partial charge is 0.151 e. The number of carbonyl (C=O) groups excluding carboxylic acids is 1. The number of aldehydes is 1. The van der Waals surface area contributed by atoms with Crippen molar-refractivity contribution in [2.45, 2.75) is 6.42 Å². The van der Waals surface area contributed by atoms with Gasteiger partial charge in [0.1, 0.15) is 5.75 Å². The first-order valence-corrected chi connectivity index (χ1v) is 12.0. The molecular weight excluding hydrogens is 472 g/mol. The Morgan fingerprint density at radius 1 is 0.806 bits per heavy atom. The molecule has 36 heavy (non-hydrogen) atoms. The molecule has 0 saturated heterocycles. The van der Waals surface area contributed by atoms with Gasteiger partial charge >= 0.3 is 0 Å². The van der Waals surface area contributed by atoms with Crippen LogP contribution < -0.4 is 4.74 Å². The highest BCUT2D eigenvalue weighted by molar-refractivity contribution is 6.32. The van der Waals surface area contributed by atoms with Crippen LogP contribution in [0.2, 0.25) is 5.02 Å². The van der Waals surface area contributed by atoms with E-state index in [1.165, 1.54) is 23.4 Å². The fourth-order valence-corrected chi connectivity index (χ4v) is 4.15. The molecule has 182 valence electrons. The van der Waals surface area contributed by atoms with Crippen molar-refractivity contribution >= 4 is 28.7 Å². The number of halogens is 1. The minimum Gasteiger partial charge on any atom is -0.497 e. The number of hydrogen-bond donors (Lipinski definition) is 0. The normalized spacial score (nSPS) is 10.6. The maximum Gasteiger partial charge on any atom is 0.151 e. The van der Waals surface area contributed by atoms with Crippen LogP contribution in [-0.4, -0.2) is 40.3 Å². The maximum atomic E-state index is 11.5. The summed E-state index contributed by atoms with van der Waals surface area (Å²) >= 11 is 6.31. The van der Waals surface area contributed by atoms with Crippen LogP contribution in [0.1, 0.15) is 27.0 Å². The first-order valence-electron chi connectivity index (χ1n) is 11.7. The van der Waals surface area contributed by atoms with Crippen molar-refractivity contribution in [1.82, 2.24) is 0 Å². The van der Waals surface area contributed by atoms with Crippen molar-refractivity contribution in [3.8, 4) is 28.7 Å². The summed E-state index contributed by atoms with van der Waals surface area (Å²) in [7, 11) is 3.21. The van der Waals surface area contributed by atoms with E-state index >= 15 is 0 Å². The Hall–Kier alpha value is -3.62. The topological polar surface area (TPSA) is 44.8 Å². The maximum absolute atomic E-state index is 11.5. The van der Waals surface area contributed by atoms with Crippen LogP contribution in [-0.2, 0) is 15.9 Å². The van der Waals surface area contributed by atoms with Crippen molar-refractivity contribution in [3.05, 3.63) is 100 Å². The van der Waals surface area contributed by atoms with Crippen molar-refractivity contribution in [3.63, 3.8) is 0 Å². The summed E-state index contributed by atoms with van der Waals surface area (Å²) in [5, 5.41) is 2.78. The van der Waals surface area contributed by atoms with Gasteiger partial charge in [-0.3, -0.25) is 4.79 Å². The summed E-state index contributed by atoms with van der Waals surface area (Å²) < 4.78 is 15.8. The lowest BCUT2D eigenvalue weighted by atomic mass is 9.98. The van der Waals surface area contributed by atoms with E-state index in [4.69, 9.17) is 25.8 Å². The van der Waals surface area contributed by atoms with E-state index < -0.39 is 0 Å². The average molecular weight is 499 g/mol. The molecule has 0 spiro atoms. The summed E-state index contributed by atoms with van der Waals surface area (Å²) in [6.07, 6.45) is 1.61. The standard InChI is InChI=1S/C31H27ClO4/c1-34-15-16-36-14-13-23-5-9-27-18-26(11-10-25(27)17-23)24-7-3-22(4-8-24)6-12-30-28(21-33)19-29(35-2)20-31(30)32/h3-5,7-11,17-21H,13-16H2,1-2H3. The van der Waals surface area contributed by atoms with E-state index in [1.807, 2.05) is 24.3 Å². The summed E-state index contributed by atoms with van der Waals surface area (Å²) in [5.74, 6) is 6.66. The summed E-state index contributed by atoms with van der Waals surface area (Å²) in [4.78, 5) is 11.5. The van der Waals surface area contributed by atoms with E-state index in [1.54, 1.807) is 19.2 Å². The van der Waals surface area contributed by atoms with Crippen LogP contribution in [0.25, 0.3) is 21.9 Å². The van der Waals surface area contributed by atoms with Gasteiger partial charge in [-0.05, 0) is 58.1 Å². The second-order valence-corrected chi connectivity index (χ2v) is 8.68. The third-order valence-corrected chi connectivity index (χ3v) is 6.18. The Bertz CT molecular complexity index is 1410. The number of benzene rings is 4. The molecule has 0 amide bonds. The molecule has 4 nitrogen and oxygen atoms in total. The third-order valence-electron chi connectivity index (χ3n) is 5.88.